The number of rotatable bonds is 17. The Labute approximate surface area is 296 Å². The van der Waals surface area contributed by atoms with Crippen LogP contribution in [0, 0.1) is 5.92 Å². The zero-order chi connectivity index (χ0) is 36.2. The average molecular weight is 721 g/mol. The quantitative estimate of drug-likeness (QED) is 0.173. The van der Waals surface area contributed by atoms with Crippen molar-refractivity contribution in [3.8, 4) is 0 Å². The lowest BCUT2D eigenvalue weighted by Gasteiger charge is -2.47. The largest absolute Gasteiger partial charge is 0.399 e. The molecule has 2 aliphatic heterocycles. The van der Waals surface area contributed by atoms with Gasteiger partial charge in [0, 0.05) is 28.4 Å². The maximum Gasteiger partial charge on any atom is 0.399 e. The van der Waals surface area contributed by atoms with E-state index in [1.54, 1.807) is 0 Å². The predicted octanol–water partition coefficient (Wildman–Crippen LogP) is 5.71. The minimum atomic E-state index is -4.76. The third kappa shape index (κ3) is 10.4. The Morgan fingerprint density at radius 1 is 0.490 bits per heavy atom. The molecule has 2 aliphatic rings. The summed E-state index contributed by atoms with van der Waals surface area (Å²) in [6, 6.07) is 28.7. The first kappa shape index (κ1) is 39.3. The number of halogens is 3. The van der Waals surface area contributed by atoms with Crippen molar-refractivity contribution in [3.63, 3.8) is 0 Å². The van der Waals surface area contributed by atoms with E-state index in [1.165, 1.54) is 28.4 Å². The minimum Gasteiger partial charge on any atom is -0.382 e. The van der Waals surface area contributed by atoms with E-state index in [-0.39, 0.29) is 33.0 Å². The third-order valence-electron chi connectivity index (χ3n) is 9.00. The van der Waals surface area contributed by atoms with Crippen LogP contribution in [0.5, 0.6) is 0 Å². The smallest absolute Gasteiger partial charge is 0.382 e. The Morgan fingerprint density at radius 3 is 1.39 bits per heavy atom. The lowest BCUT2D eigenvalue weighted by atomic mass is 9.89. The molecule has 10 nitrogen and oxygen atoms in total. The van der Waals surface area contributed by atoms with Gasteiger partial charge in [-0.3, -0.25) is 0 Å². The predicted molar refractivity (Wildman–Crippen MR) is 178 cm³/mol. The number of ether oxygens (including phenoxy) is 10. The summed E-state index contributed by atoms with van der Waals surface area (Å²) in [6.45, 7) is 0.145. The molecule has 0 spiro atoms. The summed E-state index contributed by atoms with van der Waals surface area (Å²) in [6.07, 6.45) is -14.4. The van der Waals surface area contributed by atoms with Crippen LogP contribution in [-0.4, -0.2) is 103 Å². The Balaban J connectivity index is 1.45. The number of alkyl halides is 3. The molecule has 2 unspecified atom stereocenters. The highest BCUT2D eigenvalue weighted by Crippen LogP contribution is 2.42. The summed E-state index contributed by atoms with van der Waals surface area (Å²) < 4.78 is 104. The molecule has 0 aliphatic carbocycles. The molecule has 51 heavy (non-hydrogen) atoms. The van der Waals surface area contributed by atoms with Crippen molar-refractivity contribution in [2.75, 3.05) is 41.7 Å². The lowest BCUT2D eigenvalue weighted by molar-refractivity contribution is -0.364. The normalized spacial score (nSPS) is 29.9. The van der Waals surface area contributed by atoms with E-state index in [9.17, 15) is 13.2 Å². The minimum absolute atomic E-state index is 0.0485. The molecule has 0 bridgehead atoms. The molecule has 0 N–H and O–H groups in total. The van der Waals surface area contributed by atoms with Crippen molar-refractivity contribution in [3.05, 3.63) is 108 Å². The fourth-order valence-corrected chi connectivity index (χ4v) is 6.51. The molecule has 2 fully saturated rings. The van der Waals surface area contributed by atoms with Crippen molar-refractivity contribution in [1.82, 2.24) is 0 Å². The number of methoxy groups -OCH3 is 4. The highest BCUT2D eigenvalue weighted by atomic mass is 19.4. The van der Waals surface area contributed by atoms with Gasteiger partial charge in [-0.1, -0.05) is 91.0 Å². The first-order valence-corrected chi connectivity index (χ1v) is 16.8. The van der Waals surface area contributed by atoms with Crippen LogP contribution in [0.1, 0.15) is 16.7 Å². The van der Waals surface area contributed by atoms with E-state index >= 15 is 0 Å². The Morgan fingerprint density at radius 2 is 0.941 bits per heavy atom. The zero-order valence-electron chi connectivity index (χ0n) is 29.2. The van der Waals surface area contributed by atoms with E-state index in [1.807, 2.05) is 91.0 Å². The standard InChI is InChI=1S/C38H47F3O10/c1-42-23-28-31(43-2)33(44-3)30(38(39,40)41)36(50-28)49-24-29-32(46-20-25-14-8-5-9-15-25)34(47-21-26-16-10-6-11-17-26)35(37(45-4)51-29)48-22-27-18-12-7-13-19-27/h5-19,28-37H,20-24H2,1-4H3/t28-,29-,30-,31-,32-,33-,34?,35-,36?,37+/m1/s1. The van der Waals surface area contributed by atoms with Crippen LogP contribution < -0.4 is 0 Å². The lowest BCUT2D eigenvalue weighted by Crippen LogP contribution is -2.63. The molecule has 0 radical (unpaired) electrons. The van der Waals surface area contributed by atoms with Crippen LogP contribution in [-0.2, 0) is 67.2 Å². The van der Waals surface area contributed by atoms with Gasteiger partial charge in [-0.25, -0.2) is 0 Å². The fraction of sp³-hybridized carbons (Fsp3) is 0.526. The van der Waals surface area contributed by atoms with Gasteiger partial charge < -0.3 is 47.4 Å². The van der Waals surface area contributed by atoms with Crippen LogP contribution in [0.25, 0.3) is 0 Å². The third-order valence-corrected chi connectivity index (χ3v) is 9.00. The van der Waals surface area contributed by atoms with Gasteiger partial charge in [0.2, 0.25) is 0 Å². The van der Waals surface area contributed by atoms with E-state index < -0.39 is 67.4 Å². The van der Waals surface area contributed by atoms with Gasteiger partial charge in [0.05, 0.1) is 33.0 Å². The summed E-state index contributed by atoms with van der Waals surface area (Å²) in [5.74, 6) is -2.18. The molecule has 2 heterocycles. The Kier molecular flexibility index (Phi) is 14.8. The van der Waals surface area contributed by atoms with Crippen molar-refractivity contribution in [2.24, 2.45) is 5.92 Å². The van der Waals surface area contributed by atoms with Crippen LogP contribution in [0.3, 0.4) is 0 Å². The second-order valence-corrected chi connectivity index (χ2v) is 12.4. The maximum absolute atomic E-state index is 14.7. The topological polar surface area (TPSA) is 92.3 Å². The first-order chi connectivity index (χ1) is 24.8. The summed E-state index contributed by atoms with van der Waals surface area (Å²) in [7, 11) is 5.39. The number of hydrogen-bond acceptors (Lipinski definition) is 10. The fourth-order valence-electron chi connectivity index (χ4n) is 6.51. The Bertz CT molecular complexity index is 1400. The highest BCUT2D eigenvalue weighted by Gasteiger charge is 2.59. The molecule has 3 aromatic carbocycles. The number of benzene rings is 3. The van der Waals surface area contributed by atoms with Crippen molar-refractivity contribution >= 4 is 0 Å². The van der Waals surface area contributed by atoms with E-state index in [2.05, 4.69) is 0 Å². The van der Waals surface area contributed by atoms with Crippen LogP contribution in [0.15, 0.2) is 91.0 Å². The van der Waals surface area contributed by atoms with Gasteiger partial charge in [-0.05, 0) is 16.7 Å². The van der Waals surface area contributed by atoms with Crippen LogP contribution >= 0.6 is 0 Å². The average Bonchev–Trinajstić information content (AvgIpc) is 3.15. The van der Waals surface area contributed by atoms with Crippen LogP contribution in [0.2, 0.25) is 0 Å². The van der Waals surface area contributed by atoms with Crippen molar-refractivity contribution < 1.29 is 60.5 Å². The first-order valence-electron chi connectivity index (χ1n) is 16.8. The Hall–Kier alpha value is -2.95. The molecule has 3 aromatic rings. The summed E-state index contributed by atoms with van der Waals surface area (Å²) >= 11 is 0. The summed E-state index contributed by atoms with van der Waals surface area (Å²) in [5.41, 5.74) is 2.69. The van der Waals surface area contributed by atoms with Gasteiger partial charge in [0.15, 0.2) is 12.6 Å². The van der Waals surface area contributed by atoms with Gasteiger partial charge in [0.1, 0.15) is 48.6 Å². The van der Waals surface area contributed by atoms with Crippen LogP contribution in [0.4, 0.5) is 13.2 Å². The molecule has 13 heteroatoms. The maximum atomic E-state index is 14.7. The molecule has 0 amide bonds. The molecule has 0 aromatic heterocycles. The zero-order valence-corrected chi connectivity index (χ0v) is 29.2. The van der Waals surface area contributed by atoms with Gasteiger partial charge in [0.25, 0.3) is 0 Å². The highest BCUT2D eigenvalue weighted by molar-refractivity contribution is 5.16. The number of hydrogen-bond donors (Lipinski definition) is 0. The van der Waals surface area contributed by atoms with E-state index in [4.69, 9.17) is 47.4 Å². The molecule has 280 valence electrons. The second-order valence-electron chi connectivity index (χ2n) is 12.4. The molecular formula is C38H47F3O10. The van der Waals surface area contributed by atoms with Gasteiger partial charge in [-0.15, -0.1) is 0 Å². The van der Waals surface area contributed by atoms with E-state index in [0.29, 0.717) is 0 Å². The molecule has 0 saturated carbocycles. The molecule has 2 saturated heterocycles. The second kappa shape index (κ2) is 19.2. The van der Waals surface area contributed by atoms with Crippen molar-refractivity contribution in [1.29, 1.82) is 0 Å². The van der Waals surface area contributed by atoms with Gasteiger partial charge in [-0.2, -0.15) is 13.2 Å². The SMILES string of the molecule is COC[C@H]1OC(OC[C@H]2O[C@H](OC)[C@H](OCc3ccccc3)C(OCc3ccccc3)[C@@H]2OCc2ccccc2)[C@H](C(F)(F)F)[C@@H](OC)[C@@H]1OC. The summed E-state index contributed by atoms with van der Waals surface area (Å²) in [4.78, 5) is 0. The molecule has 5 rings (SSSR count). The monoisotopic (exact) mass is 720 g/mol. The van der Waals surface area contributed by atoms with E-state index in [0.717, 1.165) is 16.7 Å². The summed E-state index contributed by atoms with van der Waals surface area (Å²) in [5, 5.41) is 0. The van der Waals surface area contributed by atoms with Crippen molar-refractivity contribution in [2.45, 2.75) is 81.3 Å². The van der Waals surface area contributed by atoms with Gasteiger partial charge >= 0.3 is 6.18 Å². The molecule has 10 atom stereocenters. The molecular weight excluding hydrogens is 673 g/mol.